The Labute approximate surface area is 188 Å². The minimum atomic E-state index is -0.261. The van der Waals surface area contributed by atoms with Gasteiger partial charge in [-0.2, -0.15) is 0 Å². The number of hydrogen-bond donors (Lipinski definition) is 0. The summed E-state index contributed by atoms with van der Waals surface area (Å²) in [6.45, 7) is 10.6. The smallest absolute Gasteiger partial charge is 0.173 e. The zero-order chi connectivity index (χ0) is 22.7. The second-order valence-corrected chi connectivity index (χ2v) is 9.20. The van der Waals surface area contributed by atoms with Gasteiger partial charge in [-0.3, -0.25) is 9.80 Å². The molecule has 3 aromatic rings. The van der Waals surface area contributed by atoms with Gasteiger partial charge in [-0.15, -0.1) is 5.10 Å². The molecule has 2 heterocycles. The topological polar surface area (TPSA) is 59.3 Å². The van der Waals surface area contributed by atoms with Crippen LogP contribution in [0.4, 0.5) is 4.39 Å². The van der Waals surface area contributed by atoms with E-state index in [4.69, 9.17) is 4.74 Å². The molecule has 32 heavy (non-hydrogen) atoms. The van der Waals surface area contributed by atoms with Gasteiger partial charge in [0.1, 0.15) is 11.6 Å². The average Bonchev–Trinajstić information content (AvgIpc) is 3.27. The quantitative estimate of drug-likeness (QED) is 0.587. The first-order valence-corrected chi connectivity index (χ1v) is 11.0. The fourth-order valence-electron chi connectivity index (χ4n) is 4.26. The van der Waals surface area contributed by atoms with Crippen molar-refractivity contribution in [2.24, 2.45) is 0 Å². The minimum absolute atomic E-state index is 0.141. The Morgan fingerprint density at radius 2 is 1.69 bits per heavy atom. The molecule has 1 fully saturated rings. The van der Waals surface area contributed by atoms with E-state index in [2.05, 4.69) is 52.2 Å². The molecule has 8 heteroatoms. The minimum Gasteiger partial charge on any atom is -0.496 e. The van der Waals surface area contributed by atoms with Gasteiger partial charge >= 0.3 is 0 Å². The molecule has 0 bridgehead atoms. The van der Waals surface area contributed by atoms with Crippen LogP contribution >= 0.6 is 0 Å². The van der Waals surface area contributed by atoms with Crippen molar-refractivity contribution in [3.8, 4) is 5.75 Å². The highest BCUT2D eigenvalue weighted by molar-refractivity contribution is 5.33. The van der Waals surface area contributed by atoms with Crippen molar-refractivity contribution in [1.29, 1.82) is 0 Å². The Hall–Kier alpha value is -2.84. The van der Waals surface area contributed by atoms with Gasteiger partial charge < -0.3 is 4.74 Å². The highest BCUT2D eigenvalue weighted by atomic mass is 19.1. The summed E-state index contributed by atoms with van der Waals surface area (Å²) in [6.07, 6.45) is 0. The second-order valence-electron chi connectivity index (χ2n) is 9.20. The number of halogens is 1. The van der Waals surface area contributed by atoms with Crippen molar-refractivity contribution in [2.75, 3.05) is 33.3 Å². The molecule has 1 unspecified atom stereocenters. The summed E-state index contributed by atoms with van der Waals surface area (Å²) in [5.41, 5.74) is 1.92. The van der Waals surface area contributed by atoms with Crippen LogP contribution in [0.3, 0.4) is 0 Å². The number of para-hydroxylation sites is 1. The van der Waals surface area contributed by atoms with Gasteiger partial charge in [0.05, 0.1) is 18.7 Å². The van der Waals surface area contributed by atoms with Crippen LogP contribution in [0, 0.1) is 5.82 Å². The molecule has 0 radical (unpaired) electrons. The van der Waals surface area contributed by atoms with Gasteiger partial charge in [0.25, 0.3) is 0 Å². The fourth-order valence-corrected chi connectivity index (χ4v) is 4.26. The van der Waals surface area contributed by atoms with E-state index in [1.54, 1.807) is 7.11 Å². The lowest BCUT2D eigenvalue weighted by Crippen LogP contribution is -2.48. The van der Waals surface area contributed by atoms with Gasteiger partial charge in [0.2, 0.25) is 0 Å². The monoisotopic (exact) mass is 438 g/mol. The van der Waals surface area contributed by atoms with Gasteiger partial charge in [-0.25, -0.2) is 9.07 Å². The van der Waals surface area contributed by atoms with Crippen LogP contribution in [0.2, 0.25) is 0 Å². The summed E-state index contributed by atoms with van der Waals surface area (Å²) in [4.78, 5) is 4.82. The number of tetrazole rings is 1. The highest BCUT2D eigenvalue weighted by Gasteiger charge is 2.33. The Morgan fingerprint density at radius 3 is 2.34 bits per heavy atom. The summed E-state index contributed by atoms with van der Waals surface area (Å²) < 4.78 is 21.0. The zero-order valence-corrected chi connectivity index (χ0v) is 19.2. The molecule has 170 valence electrons. The fraction of sp³-hybridized carbons (Fsp3) is 0.458. The number of ether oxygens (including phenoxy) is 1. The van der Waals surface area contributed by atoms with Crippen molar-refractivity contribution in [2.45, 2.75) is 38.9 Å². The molecular weight excluding hydrogens is 407 g/mol. The summed E-state index contributed by atoms with van der Waals surface area (Å²) in [7, 11) is 1.71. The predicted molar refractivity (Wildman–Crippen MR) is 121 cm³/mol. The number of benzene rings is 2. The van der Waals surface area contributed by atoms with Crippen LogP contribution in [-0.4, -0.2) is 63.3 Å². The van der Waals surface area contributed by atoms with E-state index in [1.165, 1.54) is 17.7 Å². The first-order chi connectivity index (χ1) is 15.4. The van der Waals surface area contributed by atoms with E-state index in [9.17, 15) is 4.39 Å². The first-order valence-electron chi connectivity index (χ1n) is 11.0. The maximum absolute atomic E-state index is 13.6. The molecule has 1 saturated heterocycles. The Bertz CT molecular complexity index is 1020. The summed E-state index contributed by atoms with van der Waals surface area (Å²) in [5.74, 6) is 1.45. The molecule has 0 aliphatic carbocycles. The van der Waals surface area contributed by atoms with Crippen LogP contribution in [0.15, 0.2) is 48.5 Å². The molecule has 0 amide bonds. The maximum Gasteiger partial charge on any atom is 0.173 e. The van der Waals surface area contributed by atoms with Crippen LogP contribution in [0.1, 0.15) is 43.8 Å². The van der Waals surface area contributed by atoms with Crippen molar-refractivity contribution < 1.29 is 9.13 Å². The normalized spacial score (nSPS) is 16.8. The summed E-state index contributed by atoms with van der Waals surface area (Å²) >= 11 is 0. The van der Waals surface area contributed by atoms with Crippen LogP contribution in [-0.2, 0) is 12.1 Å². The van der Waals surface area contributed by atoms with E-state index in [-0.39, 0.29) is 17.4 Å². The van der Waals surface area contributed by atoms with Crippen LogP contribution < -0.4 is 4.74 Å². The lowest BCUT2D eigenvalue weighted by atomic mass is 10.0. The van der Waals surface area contributed by atoms with Gasteiger partial charge in [0, 0.05) is 38.3 Å². The SMILES string of the molecule is COc1ccccc1CN1CCN(C(c2ccc(F)cc2)c2nnnn2C(C)(C)C)CC1. The Balaban J connectivity index is 1.56. The summed E-state index contributed by atoms with van der Waals surface area (Å²) in [5, 5.41) is 12.6. The third-order valence-electron chi connectivity index (χ3n) is 5.92. The molecule has 2 aromatic carbocycles. The van der Waals surface area contributed by atoms with Crippen molar-refractivity contribution in [3.63, 3.8) is 0 Å². The molecule has 0 spiro atoms. The largest absolute Gasteiger partial charge is 0.496 e. The average molecular weight is 439 g/mol. The Kier molecular flexibility index (Phi) is 6.53. The number of hydrogen-bond acceptors (Lipinski definition) is 6. The molecule has 7 nitrogen and oxygen atoms in total. The molecular formula is C24H31FN6O. The third kappa shape index (κ3) is 4.81. The number of nitrogens with zero attached hydrogens (tertiary/aromatic N) is 6. The van der Waals surface area contributed by atoms with E-state index >= 15 is 0 Å². The standard InChI is InChI=1S/C24H31FN6O/c1-24(2,3)31-23(26-27-28-31)22(18-9-11-20(25)12-10-18)30-15-13-29(14-16-30)17-19-7-5-6-8-21(19)32-4/h5-12,22H,13-17H2,1-4H3. The number of methoxy groups -OCH3 is 1. The maximum atomic E-state index is 13.6. The van der Waals surface area contributed by atoms with Crippen LogP contribution in [0.5, 0.6) is 5.75 Å². The molecule has 1 atom stereocenters. The van der Waals surface area contributed by atoms with Gasteiger partial charge in [0.15, 0.2) is 5.82 Å². The third-order valence-corrected chi connectivity index (χ3v) is 5.92. The van der Waals surface area contributed by atoms with E-state index in [0.717, 1.165) is 49.9 Å². The highest BCUT2D eigenvalue weighted by Crippen LogP contribution is 2.31. The first kappa shape index (κ1) is 22.4. The molecule has 4 rings (SSSR count). The molecule has 1 aliphatic heterocycles. The van der Waals surface area contributed by atoms with E-state index in [1.807, 2.05) is 35.0 Å². The molecule has 1 aromatic heterocycles. The molecule has 1 aliphatic rings. The van der Waals surface area contributed by atoms with E-state index < -0.39 is 0 Å². The lowest BCUT2D eigenvalue weighted by molar-refractivity contribution is 0.0974. The lowest BCUT2D eigenvalue weighted by Gasteiger charge is -2.39. The van der Waals surface area contributed by atoms with Crippen molar-refractivity contribution in [3.05, 3.63) is 71.3 Å². The number of aromatic nitrogens is 4. The van der Waals surface area contributed by atoms with Crippen molar-refractivity contribution in [1.82, 2.24) is 30.0 Å². The molecule has 0 N–H and O–H groups in total. The number of piperazine rings is 1. The van der Waals surface area contributed by atoms with Crippen molar-refractivity contribution >= 4 is 0 Å². The number of rotatable bonds is 6. The zero-order valence-electron chi connectivity index (χ0n) is 19.2. The van der Waals surface area contributed by atoms with Gasteiger partial charge in [-0.1, -0.05) is 30.3 Å². The van der Waals surface area contributed by atoms with Crippen LogP contribution in [0.25, 0.3) is 0 Å². The van der Waals surface area contributed by atoms with E-state index in [0.29, 0.717) is 0 Å². The van der Waals surface area contributed by atoms with Gasteiger partial charge in [-0.05, 0) is 55.0 Å². The molecule has 0 saturated carbocycles. The Morgan fingerprint density at radius 1 is 1.00 bits per heavy atom. The summed E-state index contributed by atoms with van der Waals surface area (Å²) in [6, 6.07) is 14.7. The second kappa shape index (κ2) is 9.34. The predicted octanol–water partition coefficient (Wildman–Crippen LogP) is 3.48.